The third-order valence-corrected chi connectivity index (χ3v) is 6.15. The van der Waals surface area contributed by atoms with Crippen molar-refractivity contribution in [1.29, 1.82) is 0 Å². The molecule has 2 atom stereocenters. The lowest BCUT2D eigenvalue weighted by atomic mass is 9.73. The molecule has 156 valence electrons. The Labute approximate surface area is 173 Å². The van der Waals surface area contributed by atoms with Crippen LogP contribution >= 0.6 is 11.6 Å². The number of carbonyl (C=O) groups is 3. The zero-order valence-electron chi connectivity index (χ0n) is 16.2. The molecule has 1 saturated carbocycles. The summed E-state index contributed by atoms with van der Waals surface area (Å²) in [6.45, 7) is 1.93. The molecule has 0 unspecified atom stereocenters. The van der Waals surface area contributed by atoms with Gasteiger partial charge in [0.2, 0.25) is 0 Å². The normalized spacial score (nSPS) is 26.1. The van der Waals surface area contributed by atoms with E-state index in [4.69, 9.17) is 25.8 Å². The van der Waals surface area contributed by atoms with E-state index in [1.807, 2.05) is 6.92 Å². The molecular weight excluding hydrogens is 400 g/mol. The molecule has 3 aliphatic rings. The van der Waals surface area contributed by atoms with Gasteiger partial charge < -0.3 is 19.5 Å². The van der Waals surface area contributed by atoms with Crippen molar-refractivity contribution in [2.24, 2.45) is 5.92 Å². The highest BCUT2D eigenvalue weighted by molar-refractivity contribution is 6.30. The zero-order valence-corrected chi connectivity index (χ0v) is 16.9. The van der Waals surface area contributed by atoms with E-state index in [1.54, 1.807) is 12.1 Å². The first kappa shape index (κ1) is 20.0. The van der Waals surface area contributed by atoms with Crippen LogP contribution in [0.5, 0.6) is 5.75 Å². The number of carbonyl (C=O) groups excluding carboxylic acids is 3. The van der Waals surface area contributed by atoms with Crippen molar-refractivity contribution in [3.63, 3.8) is 0 Å². The van der Waals surface area contributed by atoms with Gasteiger partial charge in [-0.05, 0) is 30.9 Å². The predicted octanol–water partition coefficient (Wildman–Crippen LogP) is 2.75. The maximum Gasteiger partial charge on any atom is 0.326 e. The van der Waals surface area contributed by atoms with Gasteiger partial charge in [-0.2, -0.15) is 0 Å². The number of rotatable bonds is 4. The third kappa shape index (κ3) is 3.67. The molecule has 1 N–H and O–H groups in total. The number of esters is 1. The number of ether oxygens (including phenoxy) is 3. The highest BCUT2D eigenvalue weighted by Crippen LogP contribution is 2.38. The van der Waals surface area contributed by atoms with Crippen molar-refractivity contribution in [3.05, 3.63) is 28.3 Å². The van der Waals surface area contributed by atoms with Crippen molar-refractivity contribution >= 4 is 29.5 Å². The predicted molar refractivity (Wildman–Crippen MR) is 102 cm³/mol. The monoisotopic (exact) mass is 422 g/mol. The summed E-state index contributed by atoms with van der Waals surface area (Å²) in [6, 6.07) is 2.85. The molecule has 2 fully saturated rings. The van der Waals surface area contributed by atoms with Gasteiger partial charge in [0, 0.05) is 16.1 Å². The number of nitrogens with one attached hydrogen (secondary N) is 1. The van der Waals surface area contributed by atoms with Crippen molar-refractivity contribution < 1.29 is 28.6 Å². The number of fused-ring (bicyclic) bond motifs is 1. The summed E-state index contributed by atoms with van der Waals surface area (Å²) in [4.78, 5) is 38.7. The minimum atomic E-state index is -0.893. The summed E-state index contributed by atoms with van der Waals surface area (Å²) < 4.78 is 16.0. The molecule has 8 nitrogen and oxygen atoms in total. The molecule has 2 heterocycles. The van der Waals surface area contributed by atoms with E-state index in [0.29, 0.717) is 29.4 Å². The van der Waals surface area contributed by atoms with Crippen molar-refractivity contribution in [1.82, 2.24) is 10.2 Å². The number of imide groups is 1. The van der Waals surface area contributed by atoms with Gasteiger partial charge in [-0.15, -0.1) is 0 Å². The summed E-state index contributed by atoms with van der Waals surface area (Å²) in [5, 5.41) is 3.30. The molecule has 1 saturated heterocycles. The number of hydrogen-bond acceptors (Lipinski definition) is 6. The largest absolute Gasteiger partial charge is 0.467 e. The fraction of sp³-hybridized carbons (Fsp3) is 0.550. The fourth-order valence-electron chi connectivity index (χ4n) is 4.34. The number of urea groups is 1. The van der Waals surface area contributed by atoms with Gasteiger partial charge in [0.1, 0.15) is 24.4 Å². The van der Waals surface area contributed by atoms with Crippen LogP contribution in [0.15, 0.2) is 12.1 Å². The molecule has 9 heteroatoms. The highest BCUT2D eigenvalue weighted by atomic mass is 35.5. The Morgan fingerprint density at radius 1 is 1.38 bits per heavy atom. The van der Waals surface area contributed by atoms with Crippen LogP contribution in [0.3, 0.4) is 0 Å². The molecular formula is C20H23ClN2O6. The van der Waals surface area contributed by atoms with Crippen LogP contribution in [0.1, 0.15) is 43.7 Å². The molecule has 1 aliphatic carbocycles. The number of hydrogen-bond donors (Lipinski definition) is 1. The van der Waals surface area contributed by atoms with Gasteiger partial charge >= 0.3 is 12.0 Å². The Morgan fingerprint density at radius 2 is 2.21 bits per heavy atom. The lowest BCUT2D eigenvalue weighted by molar-refractivity contribution is -0.149. The maximum absolute atomic E-state index is 12.9. The van der Waals surface area contributed by atoms with Gasteiger partial charge in [-0.1, -0.05) is 31.4 Å². The number of nitrogens with zero attached hydrogens (tertiary/aromatic N) is 1. The summed E-state index contributed by atoms with van der Waals surface area (Å²) in [5.41, 5.74) is 0.492. The second-order valence-corrected chi connectivity index (χ2v) is 8.20. The van der Waals surface area contributed by atoms with Crippen LogP contribution in [0, 0.1) is 5.92 Å². The first-order valence-electron chi connectivity index (χ1n) is 9.72. The lowest BCUT2D eigenvalue weighted by Crippen LogP contribution is -2.54. The van der Waals surface area contributed by atoms with E-state index in [-0.39, 0.29) is 25.2 Å². The van der Waals surface area contributed by atoms with Crippen LogP contribution < -0.4 is 10.1 Å². The molecule has 4 rings (SSSR count). The highest BCUT2D eigenvalue weighted by Gasteiger charge is 2.55. The zero-order chi connectivity index (χ0) is 20.6. The van der Waals surface area contributed by atoms with Gasteiger partial charge in [0.05, 0.1) is 6.61 Å². The standard InChI is InChI=1S/C20H23ClN2O6/c1-12-4-2-3-5-20(12)18(25)23(19(26)22-20)8-16(24)28-10-14-7-15(21)6-13-9-27-11-29-17(13)14/h6-7,12H,2-5,8-11H2,1H3,(H,22,26)/t12-,20+/m0/s1. The van der Waals surface area contributed by atoms with Crippen LogP contribution in [-0.2, 0) is 32.3 Å². The second kappa shape index (κ2) is 7.84. The molecule has 3 amide bonds. The summed E-state index contributed by atoms with van der Waals surface area (Å²) in [7, 11) is 0. The Morgan fingerprint density at radius 3 is 3.00 bits per heavy atom. The first-order valence-corrected chi connectivity index (χ1v) is 10.1. The van der Waals surface area contributed by atoms with E-state index in [2.05, 4.69) is 5.32 Å². The molecule has 0 bridgehead atoms. The molecule has 0 radical (unpaired) electrons. The Bertz CT molecular complexity index is 860. The molecule has 29 heavy (non-hydrogen) atoms. The minimum Gasteiger partial charge on any atom is -0.467 e. The minimum absolute atomic E-state index is 0.0334. The first-order chi connectivity index (χ1) is 13.9. The van der Waals surface area contributed by atoms with Crippen LogP contribution in [0.4, 0.5) is 4.79 Å². The topological polar surface area (TPSA) is 94.2 Å². The smallest absolute Gasteiger partial charge is 0.326 e. The maximum atomic E-state index is 12.9. The average Bonchev–Trinajstić information content (AvgIpc) is 2.93. The van der Waals surface area contributed by atoms with Crippen molar-refractivity contribution in [3.8, 4) is 5.75 Å². The molecule has 1 aromatic rings. The van der Waals surface area contributed by atoms with Crippen molar-refractivity contribution in [2.45, 2.75) is 51.4 Å². The Balaban J connectivity index is 1.41. The van der Waals surface area contributed by atoms with Crippen LogP contribution in [0.2, 0.25) is 5.02 Å². The SMILES string of the molecule is C[C@H]1CCCC[C@@]12NC(=O)N(CC(=O)OCc1cc(Cl)cc3c1OCOC3)C2=O. The van der Waals surface area contributed by atoms with E-state index in [1.165, 1.54) is 0 Å². The molecule has 0 aromatic heterocycles. The second-order valence-electron chi connectivity index (χ2n) is 7.76. The van der Waals surface area contributed by atoms with Gasteiger partial charge in [0.15, 0.2) is 6.79 Å². The average molecular weight is 423 g/mol. The Hall–Kier alpha value is -2.32. The quantitative estimate of drug-likeness (QED) is 0.592. The molecule has 2 aliphatic heterocycles. The number of halogens is 1. The van der Waals surface area contributed by atoms with Gasteiger partial charge in [0.25, 0.3) is 5.91 Å². The lowest BCUT2D eigenvalue weighted by Gasteiger charge is -2.36. The fourth-order valence-corrected chi connectivity index (χ4v) is 4.60. The Kier molecular flexibility index (Phi) is 5.40. The van der Waals surface area contributed by atoms with Gasteiger partial charge in [-0.3, -0.25) is 14.5 Å². The summed E-state index contributed by atoms with van der Waals surface area (Å²) in [6.07, 6.45) is 3.37. The van der Waals surface area contributed by atoms with E-state index >= 15 is 0 Å². The molecule has 1 spiro atoms. The third-order valence-electron chi connectivity index (χ3n) is 5.93. The number of benzene rings is 1. The van der Waals surface area contributed by atoms with Gasteiger partial charge in [-0.25, -0.2) is 4.79 Å². The molecule has 1 aromatic carbocycles. The summed E-state index contributed by atoms with van der Waals surface area (Å²) in [5.74, 6) is -0.397. The van der Waals surface area contributed by atoms with Crippen LogP contribution in [-0.4, -0.2) is 41.7 Å². The summed E-state index contributed by atoms with van der Waals surface area (Å²) >= 11 is 6.11. The van der Waals surface area contributed by atoms with E-state index in [0.717, 1.165) is 29.7 Å². The van der Waals surface area contributed by atoms with Crippen LogP contribution in [0.25, 0.3) is 0 Å². The van der Waals surface area contributed by atoms with E-state index in [9.17, 15) is 14.4 Å². The van der Waals surface area contributed by atoms with Crippen molar-refractivity contribution in [2.75, 3.05) is 13.3 Å². The number of amides is 3. The van der Waals surface area contributed by atoms with E-state index < -0.39 is 24.1 Å².